The molecule has 1 aliphatic rings. The molecule has 1 aliphatic heterocycles. The summed E-state index contributed by atoms with van der Waals surface area (Å²) >= 11 is 0. The molecule has 1 fully saturated rings. The third kappa shape index (κ3) is 5.39. The Morgan fingerprint density at radius 3 is 2.94 bits per heavy atom. The van der Waals surface area contributed by atoms with E-state index in [2.05, 4.69) is 15.7 Å². The number of carbonyl (C=O) groups excluding carboxylic acids is 1. The van der Waals surface area contributed by atoms with Crippen molar-refractivity contribution in [1.82, 2.24) is 20.4 Å². The molecule has 1 saturated heterocycles. The van der Waals surface area contributed by atoms with E-state index in [0.29, 0.717) is 12.5 Å². The Bertz CT molecular complexity index is 312. The lowest BCUT2D eigenvalue weighted by Crippen LogP contribution is -2.32. The molecule has 5 nitrogen and oxygen atoms in total. The Morgan fingerprint density at radius 2 is 2.35 bits per heavy atom. The van der Waals surface area contributed by atoms with E-state index in [-0.39, 0.29) is 30.7 Å². The second-order valence-electron chi connectivity index (χ2n) is 3.87. The number of hydrogen-bond acceptors (Lipinski definition) is 3. The average molecular weight is 281 g/mol. The first-order valence-corrected chi connectivity index (χ1v) is 5.29. The van der Waals surface area contributed by atoms with E-state index in [1.807, 2.05) is 6.07 Å². The maximum atomic E-state index is 11.5. The highest BCUT2D eigenvalue weighted by Gasteiger charge is 2.14. The Morgan fingerprint density at radius 1 is 1.53 bits per heavy atom. The fourth-order valence-corrected chi connectivity index (χ4v) is 1.74. The van der Waals surface area contributed by atoms with Crippen LogP contribution in [0.5, 0.6) is 0 Å². The number of nitrogens with zero attached hydrogens (tertiary/aromatic N) is 2. The van der Waals surface area contributed by atoms with Gasteiger partial charge >= 0.3 is 0 Å². The minimum atomic E-state index is 0. The third-order valence-corrected chi connectivity index (χ3v) is 2.62. The number of hydrogen-bond donors (Lipinski definition) is 2. The standard InChI is InChI=1S/C10H16N4O.2ClH/c15-10(8-14-5-1-3-13-14)12-7-9-2-4-11-6-9;;/h1,3,5,9,11H,2,4,6-8H2,(H,12,15);2*1H. The number of aromatic nitrogens is 2. The lowest BCUT2D eigenvalue weighted by Gasteiger charge is -2.09. The summed E-state index contributed by atoms with van der Waals surface area (Å²) in [4.78, 5) is 11.5. The normalized spacial score (nSPS) is 18.0. The van der Waals surface area contributed by atoms with Gasteiger partial charge in [-0.1, -0.05) is 0 Å². The molecule has 1 aromatic rings. The van der Waals surface area contributed by atoms with Gasteiger partial charge in [0.05, 0.1) is 0 Å². The maximum absolute atomic E-state index is 11.5. The summed E-state index contributed by atoms with van der Waals surface area (Å²) in [6, 6.07) is 1.81. The SMILES string of the molecule is Cl.Cl.O=C(Cn1cccn1)NCC1CCNC1. The minimum Gasteiger partial charge on any atom is -0.354 e. The molecule has 1 atom stereocenters. The summed E-state index contributed by atoms with van der Waals surface area (Å²) in [6.45, 7) is 3.17. The van der Waals surface area contributed by atoms with Crippen molar-refractivity contribution in [3.05, 3.63) is 18.5 Å². The van der Waals surface area contributed by atoms with Gasteiger partial charge in [0.1, 0.15) is 6.54 Å². The molecule has 0 spiro atoms. The van der Waals surface area contributed by atoms with Crippen LogP contribution in [-0.4, -0.2) is 35.3 Å². The summed E-state index contributed by atoms with van der Waals surface area (Å²) in [5, 5.41) is 10.2. The Kier molecular flexibility index (Phi) is 7.95. The van der Waals surface area contributed by atoms with Gasteiger partial charge in [-0.25, -0.2) is 0 Å². The first-order valence-electron chi connectivity index (χ1n) is 5.29. The topological polar surface area (TPSA) is 59.0 Å². The van der Waals surface area contributed by atoms with E-state index in [9.17, 15) is 4.79 Å². The fraction of sp³-hybridized carbons (Fsp3) is 0.600. The van der Waals surface area contributed by atoms with Gasteiger partial charge in [0.15, 0.2) is 0 Å². The van der Waals surface area contributed by atoms with Crippen LogP contribution >= 0.6 is 24.8 Å². The fourth-order valence-electron chi connectivity index (χ4n) is 1.74. The maximum Gasteiger partial charge on any atom is 0.241 e. The highest BCUT2D eigenvalue weighted by Crippen LogP contribution is 2.04. The second-order valence-corrected chi connectivity index (χ2v) is 3.87. The quantitative estimate of drug-likeness (QED) is 0.842. The molecule has 1 amide bonds. The van der Waals surface area contributed by atoms with Crippen molar-refractivity contribution < 1.29 is 4.79 Å². The van der Waals surface area contributed by atoms with Crippen LogP contribution in [-0.2, 0) is 11.3 Å². The number of amides is 1. The molecule has 7 heteroatoms. The van der Waals surface area contributed by atoms with Crippen molar-refractivity contribution >= 4 is 30.7 Å². The highest BCUT2D eigenvalue weighted by molar-refractivity contribution is 5.85. The number of rotatable bonds is 4. The zero-order valence-electron chi connectivity index (χ0n) is 9.46. The summed E-state index contributed by atoms with van der Waals surface area (Å²) in [7, 11) is 0. The summed E-state index contributed by atoms with van der Waals surface area (Å²) in [5.41, 5.74) is 0. The molecule has 0 radical (unpaired) electrons. The zero-order valence-corrected chi connectivity index (χ0v) is 11.1. The van der Waals surface area contributed by atoms with Crippen molar-refractivity contribution in [1.29, 1.82) is 0 Å². The number of halogens is 2. The second kappa shape index (κ2) is 8.33. The monoisotopic (exact) mass is 280 g/mol. The third-order valence-electron chi connectivity index (χ3n) is 2.62. The van der Waals surface area contributed by atoms with Crippen molar-refractivity contribution in [3.63, 3.8) is 0 Å². The summed E-state index contributed by atoms with van der Waals surface area (Å²) in [6.07, 6.45) is 4.62. The van der Waals surface area contributed by atoms with Gasteiger partial charge < -0.3 is 10.6 Å². The number of nitrogens with one attached hydrogen (secondary N) is 2. The summed E-state index contributed by atoms with van der Waals surface area (Å²) < 4.78 is 1.63. The molecule has 17 heavy (non-hydrogen) atoms. The van der Waals surface area contributed by atoms with Crippen molar-refractivity contribution in [2.24, 2.45) is 5.92 Å². The van der Waals surface area contributed by atoms with Crippen LogP contribution in [0.1, 0.15) is 6.42 Å². The molecule has 2 heterocycles. The van der Waals surface area contributed by atoms with Crippen LogP contribution in [0.15, 0.2) is 18.5 Å². The molecule has 0 saturated carbocycles. The number of carbonyl (C=O) groups is 1. The molecule has 0 bridgehead atoms. The van der Waals surface area contributed by atoms with Crippen LogP contribution in [0.2, 0.25) is 0 Å². The zero-order chi connectivity index (χ0) is 10.5. The van der Waals surface area contributed by atoms with Gasteiger partial charge in [0.25, 0.3) is 0 Å². The largest absolute Gasteiger partial charge is 0.354 e. The van der Waals surface area contributed by atoms with E-state index >= 15 is 0 Å². The Balaban J connectivity index is 0.00000128. The smallest absolute Gasteiger partial charge is 0.241 e. The van der Waals surface area contributed by atoms with Crippen LogP contribution in [0.3, 0.4) is 0 Å². The van der Waals surface area contributed by atoms with Crippen LogP contribution in [0, 0.1) is 5.92 Å². The van der Waals surface area contributed by atoms with Gasteiger partial charge in [0, 0.05) is 18.9 Å². The van der Waals surface area contributed by atoms with Gasteiger partial charge in [-0.05, 0) is 31.5 Å². The van der Waals surface area contributed by atoms with Crippen molar-refractivity contribution in [3.8, 4) is 0 Å². The van der Waals surface area contributed by atoms with Crippen molar-refractivity contribution in [2.45, 2.75) is 13.0 Å². The highest BCUT2D eigenvalue weighted by atomic mass is 35.5. The lowest BCUT2D eigenvalue weighted by molar-refractivity contribution is -0.122. The molecule has 1 aromatic heterocycles. The predicted molar refractivity (Wildman–Crippen MR) is 70.7 cm³/mol. The van der Waals surface area contributed by atoms with E-state index in [1.165, 1.54) is 0 Å². The first-order chi connectivity index (χ1) is 7.34. The van der Waals surface area contributed by atoms with Crippen LogP contribution < -0.4 is 10.6 Å². The van der Waals surface area contributed by atoms with Gasteiger partial charge in [-0.15, -0.1) is 24.8 Å². The van der Waals surface area contributed by atoms with Crippen LogP contribution in [0.25, 0.3) is 0 Å². The molecule has 2 N–H and O–H groups in total. The molecular weight excluding hydrogens is 263 g/mol. The van der Waals surface area contributed by atoms with E-state index in [0.717, 1.165) is 26.1 Å². The average Bonchev–Trinajstić information content (AvgIpc) is 2.86. The van der Waals surface area contributed by atoms with Crippen LogP contribution in [0.4, 0.5) is 0 Å². The Hall–Kier alpha value is -0.780. The van der Waals surface area contributed by atoms with Gasteiger partial charge in [-0.3, -0.25) is 9.48 Å². The van der Waals surface area contributed by atoms with E-state index < -0.39 is 0 Å². The van der Waals surface area contributed by atoms with Gasteiger partial charge in [-0.2, -0.15) is 5.10 Å². The summed E-state index contributed by atoms with van der Waals surface area (Å²) in [5.74, 6) is 0.622. The molecular formula is C10H18Cl2N4O. The molecule has 2 rings (SSSR count). The molecule has 0 aliphatic carbocycles. The molecule has 98 valence electrons. The van der Waals surface area contributed by atoms with E-state index in [4.69, 9.17) is 0 Å². The molecule has 1 unspecified atom stereocenters. The van der Waals surface area contributed by atoms with E-state index in [1.54, 1.807) is 17.1 Å². The minimum absolute atomic E-state index is 0. The van der Waals surface area contributed by atoms with Crippen molar-refractivity contribution in [2.75, 3.05) is 19.6 Å². The van der Waals surface area contributed by atoms with Gasteiger partial charge in [0.2, 0.25) is 5.91 Å². The predicted octanol–water partition coefficient (Wildman–Crippen LogP) is 0.452. The Labute approximate surface area is 113 Å². The molecule has 0 aromatic carbocycles. The lowest BCUT2D eigenvalue weighted by atomic mass is 10.1. The first kappa shape index (κ1) is 16.2.